The second-order valence-electron chi connectivity index (χ2n) is 8.12. The molecular weight excluding hydrogens is 398 g/mol. The summed E-state index contributed by atoms with van der Waals surface area (Å²) in [6.07, 6.45) is 1.75. The SMILES string of the molecule is COCCn1nnnc1C1(N2CCOCC2)CCCN(C(=O)Nc2ccccc2C)C1. The highest BCUT2D eigenvalue weighted by molar-refractivity contribution is 5.90. The summed E-state index contributed by atoms with van der Waals surface area (Å²) in [6, 6.07) is 7.73. The fraction of sp³-hybridized carbons (Fsp3) is 0.619. The topological polar surface area (TPSA) is 97.6 Å². The predicted molar refractivity (Wildman–Crippen MR) is 115 cm³/mol. The number of aryl methyl sites for hydroxylation is 1. The van der Waals surface area contributed by atoms with E-state index in [1.165, 1.54) is 0 Å². The van der Waals surface area contributed by atoms with Crippen LogP contribution in [0.2, 0.25) is 0 Å². The molecule has 10 nitrogen and oxygen atoms in total. The number of amides is 2. The Morgan fingerprint density at radius 2 is 2.06 bits per heavy atom. The van der Waals surface area contributed by atoms with E-state index in [0.717, 1.165) is 43.0 Å². The lowest BCUT2D eigenvalue weighted by atomic mass is 9.85. The van der Waals surface area contributed by atoms with E-state index in [4.69, 9.17) is 9.47 Å². The molecule has 4 rings (SSSR count). The van der Waals surface area contributed by atoms with Crippen molar-refractivity contribution in [3.05, 3.63) is 35.7 Å². The van der Waals surface area contributed by atoms with E-state index < -0.39 is 5.54 Å². The standard InChI is InChI=1S/C21H31N7O3/c1-17-6-3-4-7-18(17)22-20(29)26-9-5-8-21(16-26,27-10-14-31-15-11-27)19-23-24-25-28(19)12-13-30-2/h3-4,6-7H,5,8-16H2,1-2H3,(H,22,29). The molecule has 1 unspecified atom stereocenters. The van der Waals surface area contributed by atoms with Gasteiger partial charge in [0.25, 0.3) is 0 Å². The number of carbonyl (C=O) groups excluding carboxylic acids is 1. The molecule has 0 bridgehead atoms. The highest BCUT2D eigenvalue weighted by atomic mass is 16.5. The summed E-state index contributed by atoms with van der Waals surface area (Å²) >= 11 is 0. The van der Waals surface area contributed by atoms with Crippen LogP contribution in [0.4, 0.5) is 10.5 Å². The van der Waals surface area contributed by atoms with Gasteiger partial charge in [-0.05, 0) is 41.8 Å². The molecule has 2 saturated heterocycles. The molecule has 168 valence electrons. The summed E-state index contributed by atoms with van der Waals surface area (Å²) < 4.78 is 12.7. The average molecular weight is 430 g/mol. The summed E-state index contributed by atoms with van der Waals surface area (Å²) in [6.45, 7) is 7.20. The first-order valence-electron chi connectivity index (χ1n) is 10.8. The van der Waals surface area contributed by atoms with Gasteiger partial charge in [0.05, 0.1) is 26.4 Å². The molecule has 2 amide bonds. The van der Waals surface area contributed by atoms with Gasteiger partial charge in [-0.1, -0.05) is 18.2 Å². The number of carbonyl (C=O) groups is 1. The Hall–Kier alpha value is -2.56. The fourth-order valence-corrected chi connectivity index (χ4v) is 4.56. The molecule has 0 spiro atoms. The lowest BCUT2D eigenvalue weighted by Gasteiger charge is -2.49. The van der Waals surface area contributed by atoms with E-state index in [0.29, 0.717) is 39.5 Å². The number of hydrogen-bond donors (Lipinski definition) is 1. The van der Waals surface area contributed by atoms with Crippen LogP contribution in [-0.4, -0.2) is 89.1 Å². The summed E-state index contributed by atoms with van der Waals surface area (Å²) in [5, 5.41) is 15.7. The summed E-state index contributed by atoms with van der Waals surface area (Å²) in [7, 11) is 1.67. The van der Waals surface area contributed by atoms with Gasteiger partial charge in [0.15, 0.2) is 5.82 Å². The highest BCUT2D eigenvalue weighted by Crippen LogP contribution is 2.37. The molecule has 31 heavy (non-hydrogen) atoms. The number of anilines is 1. The molecule has 1 N–H and O–H groups in total. The number of tetrazole rings is 1. The number of piperidine rings is 1. The minimum absolute atomic E-state index is 0.0949. The number of rotatable bonds is 6. The van der Waals surface area contributed by atoms with E-state index in [1.807, 2.05) is 40.8 Å². The van der Waals surface area contributed by atoms with Crippen LogP contribution in [0.3, 0.4) is 0 Å². The van der Waals surface area contributed by atoms with Crippen molar-refractivity contribution in [1.82, 2.24) is 30.0 Å². The number of aromatic nitrogens is 4. The molecule has 1 aromatic heterocycles. The maximum atomic E-state index is 13.2. The van der Waals surface area contributed by atoms with E-state index in [2.05, 4.69) is 25.7 Å². The number of likely N-dealkylation sites (tertiary alicyclic amines) is 1. The molecule has 2 aliphatic rings. The zero-order chi connectivity index (χ0) is 21.7. The first kappa shape index (κ1) is 21.7. The predicted octanol–water partition coefficient (Wildman–Crippen LogP) is 1.48. The molecule has 2 aliphatic heterocycles. The van der Waals surface area contributed by atoms with Gasteiger partial charge in [-0.15, -0.1) is 5.10 Å². The number of benzene rings is 1. The Morgan fingerprint density at radius 3 is 2.84 bits per heavy atom. The smallest absolute Gasteiger partial charge is 0.321 e. The van der Waals surface area contributed by atoms with Crippen molar-refractivity contribution in [2.24, 2.45) is 0 Å². The first-order valence-corrected chi connectivity index (χ1v) is 10.8. The molecule has 0 radical (unpaired) electrons. The van der Waals surface area contributed by atoms with Gasteiger partial charge in [0.2, 0.25) is 0 Å². The van der Waals surface area contributed by atoms with E-state index in [1.54, 1.807) is 7.11 Å². The summed E-state index contributed by atoms with van der Waals surface area (Å²) in [5.74, 6) is 0.792. The van der Waals surface area contributed by atoms with Gasteiger partial charge in [0, 0.05) is 39.0 Å². The van der Waals surface area contributed by atoms with Crippen molar-refractivity contribution in [1.29, 1.82) is 0 Å². The van der Waals surface area contributed by atoms with Gasteiger partial charge in [0.1, 0.15) is 5.54 Å². The van der Waals surface area contributed by atoms with Crippen LogP contribution >= 0.6 is 0 Å². The van der Waals surface area contributed by atoms with Gasteiger partial charge in [-0.25, -0.2) is 9.48 Å². The molecule has 1 aromatic carbocycles. The zero-order valence-electron chi connectivity index (χ0n) is 18.3. The van der Waals surface area contributed by atoms with Crippen LogP contribution < -0.4 is 5.32 Å². The number of para-hydroxylation sites is 1. The highest BCUT2D eigenvalue weighted by Gasteiger charge is 2.47. The number of hydrogen-bond acceptors (Lipinski definition) is 7. The van der Waals surface area contributed by atoms with Gasteiger partial charge >= 0.3 is 6.03 Å². The second kappa shape index (κ2) is 9.71. The van der Waals surface area contributed by atoms with Gasteiger partial charge in [-0.2, -0.15) is 0 Å². The Kier molecular flexibility index (Phi) is 6.79. The minimum Gasteiger partial charge on any atom is -0.383 e. The van der Waals surface area contributed by atoms with E-state index in [9.17, 15) is 4.79 Å². The van der Waals surface area contributed by atoms with Crippen LogP contribution in [0.5, 0.6) is 0 Å². The maximum absolute atomic E-state index is 13.2. The van der Waals surface area contributed by atoms with E-state index >= 15 is 0 Å². The van der Waals surface area contributed by atoms with Crippen molar-refractivity contribution < 1.29 is 14.3 Å². The average Bonchev–Trinajstić information content (AvgIpc) is 3.29. The Labute approximate surface area is 182 Å². The first-order chi connectivity index (χ1) is 15.1. The quantitative estimate of drug-likeness (QED) is 0.743. The number of morpholine rings is 1. The van der Waals surface area contributed by atoms with Crippen molar-refractivity contribution in [2.75, 3.05) is 58.4 Å². The van der Waals surface area contributed by atoms with Crippen molar-refractivity contribution in [3.63, 3.8) is 0 Å². The van der Waals surface area contributed by atoms with Crippen LogP contribution in [0.1, 0.15) is 24.2 Å². The van der Waals surface area contributed by atoms with Gasteiger partial charge in [-0.3, -0.25) is 4.90 Å². The summed E-state index contributed by atoms with van der Waals surface area (Å²) in [5.41, 5.74) is 1.42. The zero-order valence-corrected chi connectivity index (χ0v) is 18.3. The molecule has 0 saturated carbocycles. The minimum atomic E-state index is -0.456. The third kappa shape index (κ3) is 4.56. The van der Waals surface area contributed by atoms with E-state index in [-0.39, 0.29) is 6.03 Å². The van der Waals surface area contributed by atoms with Crippen LogP contribution in [0.25, 0.3) is 0 Å². The third-order valence-electron chi connectivity index (χ3n) is 6.22. The third-order valence-corrected chi connectivity index (χ3v) is 6.22. The van der Waals surface area contributed by atoms with Crippen molar-refractivity contribution in [3.8, 4) is 0 Å². The number of urea groups is 1. The fourth-order valence-electron chi connectivity index (χ4n) is 4.56. The Balaban J connectivity index is 1.61. The van der Waals surface area contributed by atoms with Crippen molar-refractivity contribution in [2.45, 2.75) is 31.8 Å². The molecule has 0 aliphatic carbocycles. The molecule has 1 atom stereocenters. The second-order valence-corrected chi connectivity index (χ2v) is 8.12. The maximum Gasteiger partial charge on any atom is 0.321 e. The Morgan fingerprint density at radius 1 is 1.26 bits per heavy atom. The lowest BCUT2D eigenvalue weighted by molar-refractivity contribution is -0.0547. The van der Waals surface area contributed by atoms with Gasteiger partial charge < -0.3 is 19.7 Å². The molecule has 3 heterocycles. The number of nitrogens with zero attached hydrogens (tertiary/aromatic N) is 6. The number of ether oxygens (including phenoxy) is 2. The summed E-state index contributed by atoms with van der Waals surface area (Å²) in [4.78, 5) is 17.5. The number of methoxy groups -OCH3 is 1. The molecular formula is C21H31N7O3. The van der Waals surface area contributed by atoms with Crippen LogP contribution in [0.15, 0.2) is 24.3 Å². The molecule has 10 heteroatoms. The largest absolute Gasteiger partial charge is 0.383 e. The normalized spacial score (nSPS) is 22.5. The Bertz CT molecular complexity index is 883. The molecule has 2 aromatic rings. The van der Waals surface area contributed by atoms with Crippen LogP contribution in [-0.2, 0) is 21.6 Å². The lowest BCUT2D eigenvalue weighted by Crippen LogP contribution is -2.61. The number of nitrogens with one attached hydrogen (secondary N) is 1. The molecule has 2 fully saturated rings. The van der Waals surface area contributed by atoms with Crippen molar-refractivity contribution >= 4 is 11.7 Å². The van der Waals surface area contributed by atoms with Crippen LogP contribution in [0, 0.1) is 6.92 Å². The monoisotopic (exact) mass is 429 g/mol.